The Hall–Kier alpha value is -2.68. The normalized spacial score (nSPS) is 23.1. The van der Waals surface area contributed by atoms with Gasteiger partial charge in [0.2, 0.25) is 15.9 Å². The van der Waals surface area contributed by atoms with Gasteiger partial charge in [-0.15, -0.1) is 0 Å². The topological polar surface area (TPSA) is 87.2 Å². The molecule has 0 spiro atoms. The highest BCUT2D eigenvalue weighted by Crippen LogP contribution is 2.35. The van der Waals surface area contributed by atoms with Crippen LogP contribution in [0, 0.1) is 11.8 Å². The van der Waals surface area contributed by atoms with E-state index in [1.807, 2.05) is 49.4 Å². The molecule has 1 aliphatic carbocycles. The van der Waals surface area contributed by atoms with E-state index in [4.69, 9.17) is 4.74 Å². The van der Waals surface area contributed by atoms with Crippen LogP contribution in [0.5, 0.6) is 5.75 Å². The minimum absolute atomic E-state index is 0.0720. The van der Waals surface area contributed by atoms with Crippen LogP contribution < -0.4 is 4.74 Å². The number of aliphatic hydroxyl groups is 1. The lowest BCUT2D eigenvalue weighted by atomic mass is 10.0. The highest BCUT2D eigenvalue weighted by Gasteiger charge is 2.39. The van der Waals surface area contributed by atoms with Crippen molar-refractivity contribution in [3.63, 3.8) is 0 Å². The molecule has 0 bridgehead atoms. The third-order valence-electron chi connectivity index (χ3n) is 6.72. The van der Waals surface area contributed by atoms with Gasteiger partial charge in [0.15, 0.2) is 0 Å². The molecule has 1 saturated carbocycles. The molecule has 2 aromatic rings. The Morgan fingerprint density at radius 3 is 2.51 bits per heavy atom. The summed E-state index contributed by atoms with van der Waals surface area (Å²) in [6.45, 7) is 3.89. The Balaban J connectivity index is 1.70. The summed E-state index contributed by atoms with van der Waals surface area (Å²) in [6.07, 6.45) is 5.31. The maximum atomic E-state index is 13.6. The lowest BCUT2D eigenvalue weighted by Gasteiger charge is -2.37. The van der Waals surface area contributed by atoms with E-state index in [1.165, 1.54) is 4.31 Å². The number of aliphatic hydroxyl groups excluding tert-OH is 1. The molecule has 0 unspecified atom stereocenters. The molecular weight excluding hydrogens is 464 g/mol. The van der Waals surface area contributed by atoms with E-state index in [0.29, 0.717) is 6.54 Å². The molecular formula is C27H34N2O5S. The van der Waals surface area contributed by atoms with Gasteiger partial charge in [-0.3, -0.25) is 4.79 Å². The molecule has 1 N–H and O–H groups in total. The van der Waals surface area contributed by atoms with Gasteiger partial charge in [-0.2, -0.15) is 4.31 Å². The van der Waals surface area contributed by atoms with Crippen LogP contribution in [0.25, 0.3) is 12.2 Å². The first kappa shape index (κ1) is 25.4. The molecule has 1 amide bonds. The lowest BCUT2D eigenvalue weighted by molar-refractivity contribution is -0.132. The van der Waals surface area contributed by atoms with Crippen LogP contribution in [-0.4, -0.2) is 67.5 Å². The predicted octanol–water partition coefficient (Wildman–Crippen LogP) is 3.49. The van der Waals surface area contributed by atoms with Crippen molar-refractivity contribution in [1.82, 2.24) is 9.21 Å². The summed E-state index contributed by atoms with van der Waals surface area (Å²) in [6, 6.07) is 14.3. The predicted molar refractivity (Wildman–Crippen MR) is 136 cm³/mol. The monoisotopic (exact) mass is 498 g/mol. The minimum atomic E-state index is -3.90. The molecule has 1 heterocycles. The molecule has 0 aromatic heterocycles. The van der Waals surface area contributed by atoms with Crippen LogP contribution in [0.3, 0.4) is 0 Å². The van der Waals surface area contributed by atoms with Crippen LogP contribution in [0.1, 0.15) is 37.8 Å². The number of likely N-dealkylation sites (N-methyl/N-ethyl adjacent to an activating group) is 1. The molecule has 4 rings (SSSR count). The first-order valence-corrected chi connectivity index (χ1v) is 13.6. The minimum Gasteiger partial charge on any atom is -0.487 e. The van der Waals surface area contributed by atoms with E-state index in [-0.39, 0.29) is 41.5 Å². The Morgan fingerprint density at radius 1 is 1.17 bits per heavy atom. The number of carbonyl (C=O) groups excluding carboxylic acids is 1. The number of nitrogens with zero attached hydrogens (tertiary/aromatic N) is 2. The van der Waals surface area contributed by atoms with Crippen LogP contribution in [0.15, 0.2) is 53.4 Å². The van der Waals surface area contributed by atoms with Gasteiger partial charge in [-0.1, -0.05) is 55.5 Å². The van der Waals surface area contributed by atoms with E-state index in [9.17, 15) is 18.3 Å². The average molecular weight is 499 g/mol. The maximum Gasteiger partial charge on any atom is 0.247 e. The van der Waals surface area contributed by atoms with Crippen LogP contribution >= 0.6 is 0 Å². The first-order chi connectivity index (χ1) is 16.7. The second-order valence-electron chi connectivity index (χ2n) is 9.68. The van der Waals surface area contributed by atoms with Crippen molar-refractivity contribution < 1.29 is 23.1 Å². The molecule has 35 heavy (non-hydrogen) atoms. The van der Waals surface area contributed by atoms with Gasteiger partial charge in [-0.25, -0.2) is 8.42 Å². The van der Waals surface area contributed by atoms with Crippen molar-refractivity contribution in [2.24, 2.45) is 11.8 Å². The Labute approximate surface area is 208 Å². The first-order valence-electron chi connectivity index (χ1n) is 12.1. The summed E-state index contributed by atoms with van der Waals surface area (Å²) in [7, 11) is -2.12. The molecule has 7 nitrogen and oxygen atoms in total. The van der Waals surface area contributed by atoms with E-state index < -0.39 is 22.2 Å². The zero-order valence-electron chi connectivity index (χ0n) is 20.5. The van der Waals surface area contributed by atoms with Crippen molar-refractivity contribution in [3.8, 4) is 5.75 Å². The fraction of sp³-hybridized carbons (Fsp3) is 0.444. The highest BCUT2D eigenvalue weighted by atomic mass is 32.2. The third kappa shape index (κ3) is 5.77. The van der Waals surface area contributed by atoms with Gasteiger partial charge in [0.05, 0.1) is 13.2 Å². The molecule has 1 aliphatic heterocycles. The summed E-state index contributed by atoms with van der Waals surface area (Å²) < 4.78 is 34.9. The lowest BCUT2D eigenvalue weighted by Crippen LogP contribution is -2.50. The van der Waals surface area contributed by atoms with Gasteiger partial charge in [0.25, 0.3) is 0 Å². The van der Waals surface area contributed by atoms with Gasteiger partial charge < -0.3 is 14.7 Å². The maximum absolute atomic E-state index is 13.6. The number of sulfonamides is 1. The van der Waals surface area contributed by atoms with Crippen molar-refractivity contribution in [2.45, 2.75) is 43.7 Å². The summed E-state index contributed by atoms with van der Waals surface area (Å²) in [5.74, 6) is 0.261. The van der Waals surface area contributed by atoms with Gasteiger partial charge >= 0.3 is 0 Å². The summed E-state index contributed by atoms with van der Waals surface area (Å²) in [5, 5.41) is 9.79. The van der Waals surface area contributed by atoms with Crippen molar-refractivity contribution in [2.75, 3.05) is 26.7 Å². The van der Waals surface area contributed by atoms with Crippen molar-refractivity contribution >= 4 is 28.1 Å². The number of amides is 1. The largest absolute Gasteiger partial charge is 0.487 e. The second kappa shape index (κ2) is 10.5. The van der Waals surface area contributed by atoms with Crippen molar-refractivity contribution in [1.29, 1.82) is 0 Å². The molecule has 2 aliphatic rings. The number of carbonyl (C=O) groups is 1. The molecule has 3 atom stereocenters. The van der Waals surface area contributed by atoms with E-state index in [2.05, 4.69) is 0 Å². The number of rotatable bonds is 7. The van der Waals surface area contributed by atoms with E-state index in [1.54, 1.807) is 37.1 Å². The van der Waals surface area contributed by atoms with Gasteiger partial charge in [0, 0.05) is 31.5 Å². The highest BCUT2D eigenvalue weighted by molar-refractivity contribution is 7.89. The quantitative estimate of drug-likeness (QED) is 0.591. The van der Waals surface area contributed by atoms with Crippen LogP contribution in [0.4, 0.5) is 0 Å². The summed E-state index contributed by atoms with van der Waals surface area (Å²) in [4.78, 5) is 14.4. The Kier molecular flexibility index (Phi) is 7.64. The SMILES string of the molecule is C[C@@H]1CN([C@H](C)CO)S(=O)(=O)c2ccc(/C=C/c3ccccc3)cc2O[C@H]1CN(C)C(=O)C1CC1. The smallest absolute Gasteiger partial charge is 0.247 e. The van der Waals surface area contributed by atoms with Crippen LogP contribution in [-0.2, 0) is 14.8 Å². The fourth-order valence-electron chi connectivity index (χ4n) is 4.32. The number of benzene rings is 2. The number of hydrogen-bond donors (Lipinski definition) is 1. The van der Waals surface area contributed by atoms with Gasteiger partial charge in [0.1, 0.15) is 16.7 Å². The fourth-order valence-corrected chi connectivity index (χ4v) is 6.15. The molecule has 0 saturated heterocycles. The number of ether oxygens (including phenoxy) is 1. The summed E-state index contributed by atoms with van der Waals surface area (Å²) >= 11 is 0. The number of hydrogen-bond acceptors (Lipinski definition) is 5. The molecule has 2 aromatic carbocycles. The standard InChI is InChI=1S/C27H34N2O5S/c1-19-16-29(20(2)18-30)35(32,33)26-14-11-22(10-9-21-7-5-4-6-8-21)15-24(26)34-25(19)17-28(3)27(31)23-12-13-23/h4-11,14-15,19-20,23,25,30H,12-13,16-18H2,1-3H3/b10-9+/t19-,20-,25+/m1/s1. The van der Waals surface area contributed by atoms with Crippen LogP contribution in [0.2, 0.25) is 0 Å². The van der Waals surface area contributed by atoms with Gasteiger partial charge in [-0.05, 0) is 43.0 Å². The zero-order chi connectivity index (χ0) is 25.2. The molecule has 8 heteroatoms. The third-order valence-corrected chi connectivity index (χ3v) is 8.74. The van der Waals surface area contributed by atoms with Crippen molar-refractivity contribution in [3.05, 3.63) is 59.7 Å². The average Bonchev–Trinajstić information content (AvgIpc) is 3.70. The number of fused-ring (bicyclic) bond motifs is 1. The molecule has 0 radical (unpaired) electrons. The second-order valence-corrected chi connectivity index (χ2v) is 11.5. The zero-order valence-corrected chi connectivity index (χ0v) is 21.3. The summed E-state index contributed by atoms with van der Waals surface area (Å²) in [5.41, 5.74) is 1.83. The molecule has 188 valence electrons. The Bertz CT molecular complexity index is 1180. The van der Waals surface area contributed by atoms with E-state index >= 15 is 0 Å². The van der Waals surface area contributed by atoms with E-state index in [0.717, 1.165) is 24.0 Å². The molecule has 1 fully saturated rings. The Morgan fingerprint density at radius 2 is 1.86 bits per heavy atom.